The fraction of sp³-hybridized carbons (Fsp3) is 0.250. The number of nitrogens with zero attached hydrogens (tertiary/aromatic N) is 1. The van der Waals surface area contributed by atoms with Gasteiger partial charge in [0.2, 0.25) is 0 Å². The van der Waals surface area contributed by atoms with Gasteiger partial charge in [0.25, 0.3) is 5.91 Å². The summed E-state index contributed by atoms with van der Waals surface area (Å²) < 4.78 is 0.855. The van der Waals surface area contributed by atoms with Crippen molar-refractivity contribution in [2.24, 2.45) is 0 Å². The van der Waals surface area contributed by atoms with Crippen molar-refractivity contribution < 1.29 is 4.79 Å². The van der Waals surface area contributed by atoms with Crippen LogP contribution in [-0.4, -0.2) is 24.0 Å². The van der Waals surface area contributed by atoms with Gasteiger partial charge in [-0.1, -0.05) is 12.1 Å². The standard InChI is InChI=1S/C16H16BrN3O/c17-13-3-6-15(19-10-13)16(21)20-14-4-1-11(2-5-14)12-7-8-18-9-12/h1-6,10,12,18H,7-9H2,(H,20,21). The number of amides is 1. The van der Waals surface area contributed by atoms with E-state index in [2.05, 4.69) is 43.7 Å². The molecule has 1 atom stereocenters. The lowest BCUT2D eigenvalue weighted by atomic mass is 9.98. The van der Waals surface area contributed by atoms with E-state index >= 15 is 0 Å². The van der Waals surface area contributed by atoms with Crippen molar-refractivity contribution in [3.8, 4) is 0 Å². The van der Waals surface area contributed by atoms with Gasteiger partial charge in [0.15, 0.2) is 0 Å². The van der Waals surface area contributed by atoms with Crippen molar-refractivity contribution in [2.45, 2.75) is 12.3 Å². The molecular formula is C16H16BrN3O. The Kier molecular flexibility index (Phi) is 4.31. The number of carbonyl (C=O) groups excluding carboxylic acids is 1. The van der Waals surface area contributed by atoms with Crippen LogP contribution in [0.1, 0.15) is 28.4 Å². The first kappa shape index (κ1) is 14.2. The average Bonchev–Trinajstić information content (AvgIpc) is 3.03. The molecule has 2 N–H and O–H groups in total. The van der Waals surface area contributed by atoms with E-state index in [1.165, 1.54) is 12.0 Å². The van der Waals surface area contributed by atoms with E-state index < -0.39 is 0 Å². The Bertz CT molecular complexity index is 619. The summed E-state index contributed by atoms with van der Waals surface area (Å²) in [6, 6.07) is 11.6. The van der Waals surface area contributed by atoms with Crippen LogP contribution in [0.4, 0.5) is 5.69 Å². The number of anilines is 1. The van der Waals surface area contributed by atoms with Gasteiger partial charge in [0.05, 0.1) is 0 Å². The van der Waals surface area contributed by atoms with Gasteiger partial charge >= 0.3 is 0 Å². The number of hydrogen-bond acceptors (Lipinski definition) is 3. The molecule has 5 heteroatoms. The highest BCUT2D eigenvalue weighted by Gasteiger charge is 2.16. The van der Waals surface area contributed by atoms with Crippen LogP contribution in [-0.2, 0) is 0 Å². The lowest BCUT2D eigenvalue weighted by Crippen LogP contribution is -2.13. The molecule has 1 aromatic heterocycles. The topological polar surface area (TPSA) is 54.0 Å². The van der Waals surface area contributed by atoms with Crippen LogP contribution in [0, 0.1) is 0 Å². The molecule has 2 heterocycles. The summed E-state index contributed by atoms with van der Waals surface area (Å²) in [5, 5.41) is 6.22. The second-order valence-corrected chi connectivity index (χ2v) is 6.04. The van der Waals surface area contributed by atoms with E-state index in [9.17, 15) is 4.79 Å². The summed E-state index contributed by atoms with van der Waals surface area (Å²) in [4.78, 5) is 16.2. The van der Waals surface area contributed by atoms with Gasteiger partial charge in [0, 0.05) is 22.9 Å². The second kappa shape index (κ2) is 6.37. The molecule has 21 heavy (non-hydrogen) atoms. The number of aromatic nitrogens is 1. The van der Waals surface area contributed by atoms with Gasteiger partial charge in [-0.15, -0.1) is 0 Å². The van der Waals surface area contributed by atoms with Crippen molar-refractivity contribution >= 4 is 27.5 Å². The zero-order chi connectivity index (χ0) is 14.7. The van der Waals surface area contributed by atoms with E-state index in [1.54, 1.807) is 18.3 Å². The number of nitrogens with one attached hydrogen (secondary N) is 2. The quantitative estimate of drug-likeness (QED) is 0.898. The molecule has 0 spiro atoms. The van der Waals surface area contributed by atoms with E-state index in [0.29, 0.717) is 11.6 Å². The maximum Gasteiger partial charge on any atom is 0.274 e. The molecule has 1 amide bonds. The molecule has 1 aliphatic heterocycles. The summed E-state index contributed by atoms with van der Waals surface area (Å²) in [6.45, 7) is 2.12. The highest BCUT2D eigenvalue weighted by Crippen LogP contribution is 2.23. The Balaban J connectivity index is 1.67. The van der Waals surface area contributed by atoms with E-state index in [-0.39, 0.29) is 5.91 Å². The van der Waals surface area contributed by atoms with E-state index in [4.69, 9.17) is 0 Å². The summed E-state index contributed by atoms with van der Waals surface area (Å²) in [6.07, 6.45) is 2.79. The monoisotopic (exact) mass is 345 g/mol. The maximum atomic E-state index is 12.1. The first-order valence-electron chi connectivity index (χ1n) is 6.96. The number of hydrogen-bond donors (Lipinski definition) is 2. The Hall–Kier alpha value is -1.72. The zero-order valence-electron chi connectivity index (χ0n) is 11.5. The minimum atomic E-state index is -0.196. The second-order valence-electron chi connectivity index (χ2n) is 5.13. The van der Waals surface area contributed by atoms with Crippen molar-refractivity contribution in [2.75, 3.05) is 18.4 Å². The molecule has 1 aliphatic rings. The highest BCUT2D eigenvalue weighted by atomic mass is 79.9. The largest absolute Gasteiger partial charge is 0.321 e. The Morgan fingerprint density at radius 3 is 2.67 bits per heavy atom. The van der Waals surface area contributed by atoms with Gasteiger partial charge in [-0.25, -0.2) is 4.98 Å². The summed E-state index contributed by atoms with van der Waals surface area (Å²) in [5.41, 5.74) is 2.52. The predicted octanol–water partition coefficient (Wildman–Crippen LogP) is 3.17. The molecule has 0 radical (unpaired) electrons. The van der Waals surface area contributed by atoms with Crippen LogP contribution in [0.5, 0.6) is 0 Å². The minimum Gasteiger partial charge on any atom is -0.321 e. The number of pyridine rings is 1. The van der Waals surface area contributed by atoms with Crippen LogP contribution in [0.3, 0.4) is 0 Å². The summed E-state index contributed by atoms with van der Waals surface area (Å²) >= 11 is 3.30. The third kappa shape index (κ3) is 3.49. The van der Waals surface area contributed by atoms with E-state index in [0.717, 1.165) is 23.2 Å². The average molecular weight is 346 g/mol. The molecule has 0 saturated carbocycles. The number of rotatable bonds is 3. The van der Waals surface area contributed by atoms with Crippen LogP contribution in [0.25, 0.3) is 0 Å². The first-order valence-corrected chi connectivity index (χ1v) is 7.75. The maximum absolute atomic E-state index is 12.1. The lowest BCUT2D eigenvalue weighted by Gasteiger charge is -2.10. The Labute approximate surface area is 132 Å². The van der Waals surface area contributed by atoms with E-state index in [1.807, 2.05) is 12.1 Å². The molecule has 3 rings (SSSR count). The molecule has 2 aromatic rings. The smallest absolute Gasteiger partial charge is 0.274 e. The molecule has 108 valence electrons. The molecule has 0 bridgehead atoms. The minimum absolute atomic E-state index is 0.196. The molecule has 1 aromatic carbocycles. The zero-order valence-corrected chi connectivity index (χ0v) is 13.1. The molecule has 0 aliphatic carbocycles. The van der Waals surface area contributed by atoms with Gasteiger partial charge in [-0.2, -0.15) is 0 Å². The third-order valence-corrected chi connectivity index (χ3v) is 4.13. The SMILES string of the molecule is O=C(Nc1ccc(C2CCNC2)cc1)c1ccc(Br)cn1. The van der Waals surface area contributed by atoms with Gasteiger partial charge in [-0.3, -0.25) is 4.79 Å². The van der Waals surface area contributed by atoms with Crippen molar-refractivity contribution in [1.29, 1.82) is 0 Å². The molecule has 4 nitrogen and oxygen atoms in total. The highest BCUT2D eigenvalue weighted by molar-refractivity contribution is 9.10. The van der Waals surface area contributed by atoms with Gasteiger partial charge in [-0.05, 0) is 64.6 Å². The Morgan fingerprint density at radius 1 is 1.24 bits per heavy atom. The van der Waals surface area contributed by atoms with Crippen molar-refractivity contribution in [3.63, 3.8) is 0 Å². The number of benzene rings is 1. The van der Waals surface area contributed by atoms with Gasteiger partial charge in [0.1, 0.15) is 5.69 Å². The van der Waals surface area contributed by atoms with Gasteiger partial charge < -0.3 is 10.6 Å². The Morgan fingerprint density at radius 2 is 2.05 bits per heavy atom. The lowest BCUT2D eigenvalue weighted by molar-refractivity contribution is 0.102. The first-order chi connectivity index (χ1) is 10.2. The van der Waals surface area contributed by atoms with Crippen molar-refractivity contribution in [1.82, 2.24) is 10.3 Å². The summed E-state index contributed by atoms with van der Waals surface area (Å²) in [7, 11) is 0. The number of halogens is 1. The number of carbonyl (C=O) groups is 1. The summed E-state index contributed by atoms with van der Waals surface area (Å²) in [5.74, 6) is 0.390. The third-order valence-electron chi connectivity index (χ3n) is 3.66. The molecule has 1 fully saturated rings. The molecular weight excluding hydrogens is 330 g/mol. The molecule has 1 saturated heterocycles. The fourth-order valence-electron chi connectivity index (χ4n) is 2.48. The fourth-order valence-corrected chi connectivity index (χ4v) is 2.72. The normalized spacial score (nSPS) is 17.7. The van der Waals surface area contributed by atoms with Crippen molar-refractivity contribution in [3.05, 3.63) is 58.3 Å². The van der Waals surface area contributed by atoms with Crippen LogP contribution in [0.15, 0.2) is 47.1 Å². The van der Waals surface area contributed by atoms with Crippen LogP contribution >= 0.6 is 15.9 Å². The molecule has 1 unspecified atom stereocenters. The van der Waals surface area contributed by atoms with Crippen LogP contribution < -0.4 is 10.6 Å². The predicted molar refractivity (Wildman–Crippen MR) is 86.6 cm³/mol. The van der Waals surface area contributed by atoms with Crippen LogP contribution in [0.2, 0.25) is 0 Å².